The van der Waals surface area contributed by atoms with Gasteiger partial charge in [-0.1, -0.05) is 37.3 Å². The topological polar surface area (TPSA) is 146 Å². The number of phosphoric acid groups is 1. The Morgan fingerprint density at radius 3 is 2.46 bits per heavy atom. The van der Waals surface area contributed by atoms with Crippen LogP contribution in [0, 0.1) is 0 Å². The lowest BCUT2D eigenvalue weighted by Gasteiger charge is -2.19. The molecule has 1 aromatic heterocycles. The molecule has 2 heterocycles. The van der Waals surface area contributed by atoms with Crippen LogP contribution in [-0.4, -0.2) is 33.0 Å². The first-order valence-electron chi connectivity index (χ1n) is 13.2. The second kappa shape index (κ2) is 10.2. The summed E-state index contributed by atoms with van der Waals surface area (Å²) >= 11 is 0. The molecule has 1 aliphatic heterocycles. The molecule has 0 spiro atoms. The molecule has 1 amide bonds. The van der Waals surface area contributed by atoms with Crippen LogP contribution in [0.3, 0.4) is 0 Å². The standard InChI is InChI=1S/C31H28N3O6P/c1-2-19-17-34(27-16-29(40-41(37,38)39)23-5-3-4-6-24(23)30(19)27)31(36)26-15-21-13-18(7-12-25(21)33-26)14-28(35)20-8-10-22(32)11-9-20/h3-13,15-16,19,33H,2,14,17,32H2,1H3,(H2,37,38,39)/t19-/m1/s1. The van der Waals surface area contributed by atoms with Crippen LogP contribution in [-0.2, 0) is 11.0 Å². The number of carbonyl (C=O) groups excluding carboxylic acids is 2. The number of H-pyrrole nitrogens is 1. The Labute approximate surface area is 235 Å². The number of nitrogens with two attached hydrogens (primary N) is 1. The fraction of sp³-hybridized carbons (Fsp3) is 0.161. The molecule has 1 atom stereocenters. The van der Waals surface area contributed by atoms with Crippen molar-refractivity contribution in [1.29, 1.82) is 0 Å². The van der Waals surface area contributed by atoms with Crippen molar-refractivity contribution in [2.75, 3.05) is 17.2 Å². The van der Waals surface area contributed by atoms with Crippen molar-refractivity contribution in [1.82, 2.24) is 4.98 Å². The van der Waals surface area contributed by atoms with Crippen molar-refractivity contribution in [2.45, 2.75) is 25.7 Å². The maximum atomic E-state index is 13.9. The molecule has 5 N–H and O–H groups in total. The predicted octanol–water partition coefficient (Wildman–Crippen LogP) is 5.95. The van der Waals surface area contributed by atoms with Gasteiger partial charge in [-0.15, -0.1) is 0 Å². The van der Waals surface area contributed by atoms with E-state index < -0.39 is 7.82 Å². The van der Waals surface area contributed by atoms with E-state index in [9.17, 15) is 23.9 Å². The fourth-order valence-corrected chi connectivity index (χ4v) is 6.06. The van der Waals surface area contributed by atoms with Gasteiger partial charge in [-0.2, -0.15) is 0 Å². The van der Waals surface area contributed by atoms with E-state index in [1.807, 2.05) is 37.3 Å². The number of hydrogen-bond donors (Lipinski definition) is 4. The number of ketones is 1. The average Bonchev–Trinajstić information content (AvgIpc) is 3.53. The molecule has 10 heteroatoms. The molecule has 0 saturated carbocycles. The Morgan fingerprint density at radius 2 is 1.76 bits per heavy atom. The van der Waals surface area contributed by atoms with Crippen molar-refractivity contribution in [3.05, 3.63) is 101 Å². The van der Waals surface area contributed by atoms with Crippen molar-refractivity contribution in [2.24, 2.45) is 0 Å². The second-order valence-corrected chi connectivity index (χ2v) is 11.4. The summed E-state index contributed by atoms with van der Waals surface area (Å²) in [6.45, 7) is 2.47. The molecule has 0 bridgehead atoms. The number of carbonyl (C=O) groups is 2. The summed E-state index contributed by atoms with van der Waals surface area (Å²) in [6, 6.07) is 23.0. The van der Waals surface area contributed by atoms with Crippen LogP contribution < -0.4 is 15.2 Å². The molecule has 6 rings (SSSR count). The fourth-order valence-electron chi connectivity index (χ4n) is 5.65. The number of hydrogen-bond acceptors (Lipinski definition) is 5. The smallest absolute Gasteiger partial charge is 0.404 e. The Balaban J connectivity index is 1.34. The number of aromatic nitrogens is 1. The van der Waals surface area contributed by atoms with E-state index in [4.69, 9.17) is 10.3 Å². The highest BCUT2D eigenvalue weighted by Gasteiger charge is 2.35. The Bertz CT molecular complexity index is 1880. The quantitative estimate of drug-likeness (QED) is 0.108. The number of benzene rings is 4. The highest BCUT2D eigenvalue weighted by atomic mass is 31.2. The molecular weight excluding hydrogens is 541 g/mol. The number of nitrogen functional groups attached to an aromatic ring is 1. The second-order valence-electron chi connectivity index (χ2n) is 10.3. The Hall–Kier alpha value is -4.43. The summed E-state index contributed by atoms with van der Waals surface area (Å²) in [5, 5.41) is 2.17. The minimum absolute atomic E-state index is 0.0225. The minimum atomic E-state index is -4.84. The molecule has 0 unspecified atom stereocenters. The Morgan fingerprint density at radius 1 is 1.02 bits per heavy atom. The van der Waals surface area contributed by atoms with Gasteiger partial charge in [0.2, 0.25) is 0 Å². The lowest BCUT2D eigenvalue weighted by atomic mass is 9.93. The van der Waals surface area contributed by atoms with Crippen LogP contribution in [0.2, 0.25) is 0 Å². The van der Waals surface area contributed by atoms with Gasteiger partial charge < -0.3 is 20.1 Å². The number of Topliss-reactive ketones (excluding diaryl/α,β-unsaturated/α-hetero) is 1. The molecule has 208 valence electrons. The van der Waals surface area contributed by atoms with Gasteiger partial charge in [0.05, 0.1) is 5.69 Å². The number of anilines is 2. The normalized spacial score (nSPS) is 14.9. The molecule has 5 aromatic rings. The molecule has 0 saturated heterocycles. The van der Waals surface area contributed by atoms with Gasteiger partial charge in [0, 0.05) is 52.5 Å². The third-order valence-corrected chi connectivity index (χ3v) is 8.03. The zero-order valence-corrected chi connectivity index (χ0v) is 23.1. The predicted molar refractivity (Wildman–Crippen MR) is 159 cm³/mol. The highest BCUT2D eigenvalue weighted by Crippen LogP contribution is 2.49. The number of fused-ring (bicyclic) bond motifs is 4. The highest BCUT2D eigenvalue weighted by molar-refractivity contribution is 7.46. The van der Waals surface area contributed by atoms with Crippen LogP contribution in [0.1, 0.15) is 51.2 Å². The summed E-state index contributed by atoms with van der Waals surface area (Å²) in [5.74, 6) is -0.237. The number of aromatic amines is 1. The summed E-state index contributed by atoms with van der Waals surface area (Å²) in [5.41, 5.74) is 10.4. The van der Waals surface area contributed by atoms with Gasteiger partial charge in [-0.25, -0.2) is 4.57 Å². The first kappa shape index (κ1) is 26.8. The summed E-state index contributed by atoms with van der Waals surface area (Å²) in [6.07, 6.45) is 0.985. The van der Waals surface area contributed by atoms with Gasteiger partial charge in [-0.05, 0) is 65.4 Å². The lowest BCUT2D eigenvalue weighted by Crippen LogP contribution is -2.30. The molecule has 41 heavy (non-hydrogen) atoms. The molecular formula is C31H28N3O6P. The van der Waals surface area contributed by atoms with Crippen LogP contribution in [0.25, 0.3) is 21.7 Å². The molecule has 0 fully saturated rings. The van der Waals surface area contributed by atoms with E-state index in [2.05, 4.69) is 4.98 Å². The maximum Gasteiger partial charge on any atom is 0.524 e. The van der Waals surface area contributed by atoms with E-state index in [0.29, 0.717) is 34.6 Å². The number of nitrogens with zero attached hydrogens (tertiary/aromatic N) is 1. The van der Waals surface area contributed by atoms with Crippen LogP contribution in [0.5, 0.6) is 5.75 Å². The maximum absolute atomic E-state index is 13.9. The Kier molecular flexibility index (Phi) is 6.66. The molecule has 4 aromatic carbocycles. The first-order valence-corrected chi connectivity index (χ1v) is 14.8. The summed E-state index contributed by atoms with van der Waals surface area (Å²) in [4.78, 5) is 50.6. The summed E-state index contributed by atoms with van der Waals surface area (Å²) in [7, 11) is -4.84. The lowest BCUT2D eigenvalue weighted by molar-refractivity contribution is 0.0979. The van der Waals surface area contributed by atoms with Gasteiger partial charge in [0.1, 0.15) is 11.4 Å². The monoisotopic (exact) mass is 569 g/mol. The number of rotatable bonds is 7. The summed E-state index contributed by atoms with van der Waals surface area (Å²) < 4.78 is 16.8. The van der Waals surface area contributed by atoms with Crippen molar-refractivity contribution in [3.63, 3.8) is 0 Å². The number of amides is 1. The van der Waals surface area contributed by atoms with Gasteiger partial charge in [-0.3, -0.25) is 19.4 Å². The average molecular weight is 570 g/mol. The SMILES string of the molecule is CC[C@@H]1CN(C(=O)c2cc3cc(CC(=O)c4ccc(N)cc4)ccc3[nH]2)c2cc(OP(=O)(O)O)c3ccccc3c21. The number of phosphoric ester groups is 1. The molecule has 9 nitrogen and oxygen atoms in total. The van der Waals surface area contributed by atoms with Crippen LogP contribution >= 0.6 is 7.82 Å². The van der Waals surface area contributed by atoms with Gasteiger partial charge >= 0.3 is 7.82 Å². The van der Waals surface area contributed by atoms with Crippen molar-refractivity contribution < 1.29 is 28.5 Å². The van der Waals surface area contributed by atoms with E-state index in [-0.39, 0.29) is 29.8 Å². The molecule has 0 radical (unpaired) electrons. The first-order chi connectivity index (χ1) is 19.6. The third-order valence-electron chi connectivity index (χ3n) is 7.60. The van der Waals surface area contributed by atoms with Gasteiger partial charge in [0.25, 0.3) is 5.91 Å². The minimum Gasteiger partial charge on any atom is -0.404 e. The molecule has 1 aliphatic rings. The third kappa shape index (κ3) is 5.11. The van der Waals surface area contributed by atoms with Crippen molar-refractivity contribution in [3.8, 4) is 5.75 Å². The van der Waals surface area contributed by atoms with E-state index in [0.717, 1.165) is 33.8 Å². The zero-order chi connectivity index (χ0) is 28.9. The van der Waals surface area contributed by atoms with E-state index in [1.54, 1.807) is 53.4 Å². The number of nitrogens with one attached hydrogen (secondary N) is 1. The largest absolute Gasteiger partial charge is 0.524 e. The zero-order valence-electron chi connectivity index (χ0n) is 22.2. The van der Waals surface area contributed by atoms with Crippen LogP contribution in [0.15, 0.2) is 78.9 Å². The molecule has 0 aliphatic carbocycles. The van der Waals surface area contributed by atoms with Crippen LogP contribution in [0.4, 0.5) is 11.4 Å². The van der Waals surface area contributed by atoms with Gasteiger partial charge in [0.15, 0.2) is 5.78 Å². The van der Waals surface area contributed by atoms with E-state index in [1.165, 1.54) is 0 Å². The van der Waals surface area contributed by atoms with Crippen molar-refractivity contribution >= 4 is 52.6 Å². The van der Waals surface area contributed by atoms with E-state index >= 15 is 0 Å².